The molecule has 0 aromatic heterocycles. The van der Waals surface area contributed by atoms with E-state index in [1.165, 1.54) is 0 Å². The maximum Gasteiger partial charge on any atom is 0.407 e. The smallest absolute Gasteiger partial charge is 0.407 e. The molecule has 154 valence electrons. The van der Waals surface area contributed by atoms with E-state index in [-0.39, 0.29) is 42.2 Å². The number of amides is 1. The minimum Gasteiger partial charge on any atom is -0.450 e. The quantitative estimate of drug-likeness (QED) is 0.239. The number of rotatable bonds is 11. The predicted molar refractivity (Wildman–Crippen MR) is 116 cm³/mol. The number of alkyl carbamates (subject to hydrolysis) is 1. The molecule has 0 aromatic rings. The van der Waals surface area contributed by atoms with Gasteiger partial charge in [-0.3, -0.25) is 4.99 Å². The Labute approximate surface area is 175 Å². The summed E-state index contributed by atoms with van der Waals surface area (Å²) < 4.78 is 10.7. The molecular weight excluding hydrogens is 447 g/mol. The highest BCUT2D eigenvalue weighted by molar-refractivity contribution is 14.0. The summed E-state index contributed by atoms with van der Waals surface area (Å²) in [4.78, 5) is 15.9. The van der Waals surface area contributed by atoms with Crippen LogP contribution in [0.3, 0.4) is 0 Å². The summed E-state index contributed by atoms with van der Waals surface area (Å²) in [5.41, 5.74) is 0. The summed E-state index contributed by atoms with van der Waals surface area (Å²) in [5, 5.41) is 9.56. The zero-order valence-corrected chi connectivity index (χ0v) is 19.2. The molecule has 26 heavy (non-hydrogen) atoms. The summed E-state index contributed by atoms with van der Waals surface area (Å²) in [7, 11) is 1.75. The third-order valence-electron chi connectivity index (χ3n) is 4.33. The van der Waals surface area contributed by atoms with Gasteiger partial charge in [0.2, 0.25) is 0 Å². The SMILES string of the molecule is CCOC(=O)NC(CNC(=NC)NCCC(OCC)C(C)C)C1CC1.I. The molecule has 7 nitrogen and oxygen atoms in total. The van der Waals surface area contributed by atoms with Gasteiger partial charge in [-0.2, -0.15) is 0 Å². The molecule has 8 heteroatoms. The van der Waals surface area contributed by atoms with Crippen LogP contribution in [0.5, 0.6) is 0 Å². The highest BCUT2D eigenvalue weighted by atomic mass is 127. The molecule has 0 aliphatic heterocycles. The molecule has 2 atom stereocenters. The van der Waals surface area contributed by atoms with Gasteiger partial charge in [0.15, 0.2) is 5.96 Å². The zero-order valence-electron chi connectivity index (χ0n) is 16.8. The van der Waals surface area contributed by atoms with Gasteiger partial charge in [0.25, 0.3) is 0 Å². The number of hydrogen-bond acceptors (Lipinski definition) is 4. The van der Waals surface area contributed by atoms with Crippen molar-refractivity contribution in [3.63, 3.8) is 0 Å². The van der Waals surface area contributed by atoms with Gasteiger partial charge in [0.05, 0.1) is 18.8 Å². The normalized spacial score (nSPS) is 16.5. The molecule has 0 radical (unpaired) electrons. The minimum absolute atomic E-state index is 0. The first-order chi connectivity index (χ1) is 12.0. The second-order valence-corrected chi connectivity index (χ2v) is 6.72. The van der Waals surface area contributed by atoms with Crippen molar-refractivity contribution in [3.8, 4) is 0 Å². The lowest BCUT2D eigenvalue weighted by atomic mass is 10.0. The second kappa shape index (κ2) is 14.3. The van der Waals surface area contributed by atoms with Crippen LogP contribution in [-0.2, 0) is 9.47 Å². The second-order valence-electron chi connectivity index (χ2n) is 6.72. The number of carbonyl (C=O) groups excluding carboxylic acids is 1. The molecule has 1 aliphatic rings. The Morgan fingerprint density at radius 3 is 2.38 bits per heavy atom. The molecule has 0 bridgehead atoms. The van der Waals surface area contributed by atoms with E-state index >= 15 is 0 Å². The van der Waals surface area contributed by atoms with Crippen molar-refractivity contribution < 1.29 is 14.3 Å². The molecule has 0 aromatic carbocycles. The van der Waals surface area contributed by atoms with Crippen LogP contribution in [0.2, 0.25) is 0 Å². The number of guanidine groups is 1. The average Bonchev–Trinajstić information content (AvgIpc) is 3.40. The Balaban J connectivity index is 0.00000625. The van der Waals surface area contributed by atoms with E-state index in [0.717, 1.165) is 38.4 Å². The summed E-state index contributed by atoms with van der Waals surface area (Å²) in [5.74, 6) is 1.76. The lowest BCUT2D eigenvalue weighted by Crippen LogP contribution is -2.48. The fraction of sp³-hybridized carbons (Fsp3) is 0.889. The average molecular weight is 484 g/mol. The van der Waals surface area contributed by atoms with Gasteiger partial charge in [-0.05, 0) is 44.9 Å². The van der Waals surface area contributed by atoms with Gasteiger partial charge in [0.1, 0.15) is 0 Å². The topological polar surface area (TPSA) is 84.0 Å². The highest BCUT2D eigenvalue weighted by Gasteiger charge is 2.32. The molecule has 0 spiro atoms. The van der Waals surface area contributed by atoms with Crippen LogP contribution in [0, 0.1) is 11.8 Å². The molecule has 3 N–H and O–H groups in total. The Kier molecular flexibility index (Phi) is 13.9. The van der Waals surface area contributed by atoms with Crippen molar-refractivity contribution in [3.05, 3.63) is 0 Å². The van der Waals surface area contributed by atoms with E-state index in [1.54, 1.807) is 7.05 Å². The van der Waals surface area contributed by atoms with Crippen LogP contribution in [0.15, 0.2) is 4.99 Å². The van der Waals surface area contributed by atoms with E-state index in [2.05, 4.69) is 34.8 Å². The maximum atomic E-state index is 11.7. The van der Waals surface area contributed by atoms with Gasteiger partial charge >= 0.3 is 6.09 Å². The lowest BCUT2D eigenvalue weighted by molar-refractivity contribution is 0.0258. The molecular formula is C18H37IN4O3. The maximum absolute atomic E-state index is 11.7. The number of ether oxygens (including phenoxy) is 2. The Hall–Kier alpha value is -0.770. The number of nitrogens with zero attached hydrogens (tertiary/aromatic N) is 1. The van der Waals surface area contributed by atoms with Gasteiger partial charge in [0, 0.05) is 26.7 Å². The fourth-order valence-electron chi connectivity index (χ4n) is 2.74. The van der Waals surface area contributed by atoms with Crippen LogP contribution in [0.25, 0.3) is 0 Å². The number of halogens is 1. The third kappa shape index (κ3) is 10.4. The molecule has 1 fully saturated rings. The van der Waals surface area contributed by atoms with Gasteiger partial charge in [-0.15, -0.1) is 24.0 Å². The van der Waals surface area contributed by atoms with Crippen molar-refractivity contribution in [2.45, 2.75) is 59.1 Å². The van der Waals surface area contributed by atoms with E-state index in [0.29, 0.717) is 25.0 Å². The Morgan fingerprint density at radius 1 is 1.19 bits per heavy atom. The Morgan fingerprint density at radius 2 is 1.88 bits per heavy atom. The first kappa shape index (κ1) is 25.2. The zero-order chi connectivity index (χ0) is 18.7. The first-order valence-corrected chi connectivity index (χ1v) is 9.51. The van der Waals surface area contributed by atoms with Gasteiger partial charge in [-0.1, -0.05) is 13.8 Å². The minimum atomic E-state index is -0.347. The van der Waals surface area contributed by atoms with Crippen molar-refractivity contribution in [1.29, 1.82) is 0 Å². The van der Waals surface area contributed by atoms with Crippen LogP contribution in [0.4, 0.5) is 4.79 Å². The van der Waals surface area contributed by atoms with Crippen molar-refractivity contribution in [1.82, 2.24) is 16.0 Å². The van der Waals surface area contributed by atoms with Crippen molar-refractivity contribution in [2.75, 3.05) is 33.4 Å². The summed E-state index contributed by atoms with van der Waals surface area (Å²) in [6, 6.07) is 0.0736. The largest absolute Gasteiger partial charge is 0.450 e. The Bertz CT molecular complexity index is 417. The molecule has 0 heterocycles. The highest BCUT2D eigenvalue weighted by Crippen LogP contribution is 2.32. The monoisotopic (exact) mass is 484 g/mol. The number of aliphatic imine (C=N–C) groups is 1. The van der Waals surface area contributed by atoms with Crippen LogP contribution >= 0.6 is 24.0 Å². The van der Waals surface area contributed by atoms with Crippen LogP contribution in [-0.4, -0.2) is 57.5 Å². The number of nitrogens with one attached hydrogen (secondary N) is 3. The standard InChI is InChI=1S/C18H36N4O3.HI/c1-6-24-16(13(3)4)10-11-20-17(19-5)21-12-15(14-8-9-14)22-18(23)25-7-2;/h13-16H,6-12H2,1-5H3,(H,22,23)(H2,19,20,21);1H. The summed E-state index contributed by atoms with van der Waals surface area (Å²) in [6.45, 7) is 10.7. The van der Waals surface area contributed by atoms with E-state index in [1.807, 2.05) is 13.8 Å². The predicted octanol–water partition coefficient (Wildman–Crippen LogP) is 2.75. The lowest BCUT2D eigenvalue weighted by Gasteiger charge is -2.23. The van der Waals surface area contributed by atoms with Gasteiger partial charge < -0.3 is 25.4 Å². The third-order valence-corrected chi connectivity index (χ3v) is 4.33. The number of hydrogen-bond donors (Lipinski definition) is 3. The fourth-order valence-corrected chi connectivity index (χ4v) is 2.74. The molecule has 2 unspecified atom stereocenters. The first-order valence-electron chi connectivity index (χ1n) is 9.51. The van der Waals surface area contributed by atoms with Gasteiger partial charge in [-0.25, -0.2) is 4.79 Å². The van der Waals surface area contributed by atoms with E-state index in [9.17, 15) is 4.79 Å². The van der Waals surface area contributed by atoms with Crippen molar-refractivity contribution in [2.24, 2.45) is 16.8 Å². The van der Waals surface area contributed by atoms with Crippen LogP contribution < -0.4 is 16.0 Å². The van der Waals surface area contributed by atoms with E-state index < -0.39 is 0 Å². The molecule has 1 saturated carbocycles. The molecule has 1 amide bonds. The molecule has 1 aliphatic carbocycles. The van der Waals surface area contributed by atoms with E-state index in [4.69, 9.17) is 9.47 Å². The summed E-state index contributed by atoms with van der Waals surface area (Å²) >= 11 is 0. The van der Waals surface area contributed by atoms with Crippen molar-refractivity contribution >= 4 is 36.0 Å². The van der Waals surface area contributed by atoms with Crippen LogP contribution in [0.1, 0.15) is 47.0 Å². The molecule has 0 saturated heterocycles. The summed E-state index contributed by atoms with van der Waals surface area (Å²) in [6.07, 6.45) is 3.13. The molecule has 1 rings (SSSR count). The number of carbonyl (C=O) groups is 1.